The average molecular weight is 310 g/mol. The lowest BCUT2D eigenvalue weighted by atomic mass is 10.2. The van der Waals surface area contributed by atoms with Gasteiger partial charge in [0.05, 0.1) is 12.1 Å². The number of carbonyl (C=O) groups excluding carboxylic acids is 2. The van der Waals surface area contributed by atoms with E-state index in [1.165, 1.54) is 23.6 Å². The summed E-state index contributed by atoms with van der Waals surface area (Å²) in [6.45, 7) is 1.62. The minimum absolute atomic E-state index is 0.184. The summed E-state index contributed by atoms with van der Waals surface area (Å²) in [5, 5.41) is 3.41. The first-order chi connectivity index (χ1) is 11.1. The van der Waals surface area contributed by atoms with Crippen molar-refractivity contribution in [3.8, 4) is 0 Å². The van der Waals surface area contributed by atoms with Crippen molar-refractivity contribution in [1.82, 2.24) is 9.88 Å². The summed E-state index contributed by atoms with van der Waals surface area (Å²) < 4.78 is 14.8. The Balaban J connectivity index is 1.89. The molecule has 2 aromatic carbocycles. The van der Waals surface area contributed by atoms with Crippen LogP contribution in [-0.2, 0) is 6.54 Å². The molecule has 4 nitrogen and oxygen atoms in total. The highest BCUT2D eigenvalue weighted by Gasteiger charge is 2.14. The van der Waals surface area contributed by atoms with Crippen molar-refractivity contribution in [3.05, 3.63) is 71.7 Å². The van der Waals surface area contributed by atoms with E-state index in [0.29, 0.717) is 22.2 Å². The number of nitrogens with one attached hydrogen (secondary N) is 1. The number of halogens is 1. The Bertz CT molecular complexity index is 885. The number of rotatable bonds is 3. The molecule has 0 atom stereocenters. The Morgan fingerprint density at radius 3 is 2.52 bits per heavy atom. The van der Waals surface area contributed by atoms with Crippen molar-refractivity contribution in [2.75, 3.05) is 0 Å². The molecule has 0 aliphatic heterocycles. The molecular formula is C18H15FN2O2. The Kier molecular flexibility index (Phi) is 3.93. The fourth-order valence-corrected chi connectivity index (χ4v) is 2.61. The third kappa shape index (κ3) is 2.99. The van der Waals surface area contributed by atoms with E-state index >= 15 is 0 Å². The van der Waals surface area contributed by atoms with E-state index in [4.69, 9.17) is 0 Å². The van der Waals surface area contributed by atoms with Gasteiger partial charge in [0.15, 0.2) is 0 Å². The molecule has 1 amide bonds. The summed E-state index contributed by atoms with van der Waals surface area (Å²) in [7, 11) is 0. The second kappa shape index (κ2) is 6.04. The normalized spacial score (nSPS) is 10.7. The molecule has 0 aliphatic carbocycles. The first kappa shape index (κ1) is 15.0. The quantitative estimate of drug-likeness (QED) is 0.806. The highest BCUT2D eigenvalue weighted by molar-refractivity contribution is 5.95. The van der Waals surface area contributed by atoms with E-state index in [9.17, 15) is 14.0 Å². The number of hydrogen-bond donors (Lipinski definition) is 1. The van der Waals surface area contributed by atoms with Crippen LogP contribution in [0.2, 0.25) is 0 Å². The Labute approximate surface area is 132 Å². The van der Waals surface area contributed by atoms with Crippen molar-refractivity contribution in [1.29, 1.82) is 0 Å². The second-order valence-corrected chi connectivity index (χ2v) is 5.24. The zero-order chi connectivity index (χ0) is 16.4. The third-order valence-electron chi connectivity index (χ3n) is 3.62. The molecule has 3 rings (SSSR count). The van der Waals surface area contributed by atoms with Gasteiger partial charge in [0.2, 0.25) is 5.91 Å². The number of benzene rings is 2. The van der Waals surface area contributed by atoms with Gasteiger partial charge in [0.1, 0.15) is 5.82 Å². The van der Waals surface area contributed by atoms with Gasteiger partial charge < -0.3 is 5.32 Å². The minimum Gasteiger partial charge on any atom is -0.346 e. The summed E-state index contributed by atoms with van der Waals surface area (Å²) in [5.41, 5.74) is 1.79. The molecule has 3 aromatic rings. The first-order valence-corrected chi connectivity index (χ1v) is 7.20. The van der Waals surface area contributed by atoms with Crippen LogP contribution in [0.1, 0.15) is 27.8 Å². The lowest BCUT2D eigenvalue weighted by Gasteiger charge is -2.08. The Hall–Kier alpha value is -2.95. The molecule has 0 unspecified atom stereocenters. The predicted molar refractivity (Wildman–Crippen MR) is 85.8 cm³/mol. The summed E-state index contributed by atoms with van der Waals surface area (Å²) in [6.07, 6.45) is 0. The van der Waals surface area contributed by atoms with Crippen LogP contribution in [0.15, 0.2) is 54.6 Å². The molecule has 0 saturated heterocycles. The van der Waals surface area contributed by atoms with Gasteiger partial charge >= 0.3 is 0 Å². The van der Waals surface area contributed by atoms with E-state index in [2.05, 4.69) is 5.32 Å². The smallest absolute Gasteiger partial charge is 0.251 e. The monoisotopic (exact) mass is 310 g/mol. The molecule has 1 N–H and O–H groups in total. The SMILES string of the molecule is CC(=O)n1c(CNC(=O)c2ccccc2)cc2cc(F)ccc21. The topological polar surface area (TPSA) is 51.1 Å². The van der Waals surface area contributed by atoms with Gasteiger partial charge in [-0.15, -0.1) is 0 Å². The molecular weight excluding hydrogens is 295 g/mol. The number of nitrogens with zero attached hydrogens (tertiary/aromatic N) is 1. The predicted octanol–water partition coefficient (Wildman–Crippen LogP) is 3.37. The summed E-state index contributed by atoms with van der Waals surface area (Å²) in [5.74, 6) is -0.772. The molecule has 1 heterocycles. The molecule has 0 bridgehead atoms. The molecule has 0 aliphatic rings. The van der Waals surface area contributed by atoms with E-state index < -0.39 is 0 Å². The van der Waals surface area contributed by atoms with Gasteiger partial charge in [-0.1, -0.05) is 18.2 Å². The van der Waals surface area contributed by atoms with Gasteiger partial charge in [-0.2, -0.15) is 0 Å². The maximum absolute atomic E-state index is 13.4. The highest BCUT2D eigenvalue weighted by Crippen LogP contribution is 2.21. The average Bonchev–Trinajstić information content (AvgIpc) is 2.91. The molecule has 0 radical (unpaired) electrons. The highest BCUT2D eigenvalue weighted by atomic mass is 19.1. The van der Waals surface area contributed by atoms with E-state index in [-0.39, 0.29) is 24.2 Å². The number of amides is 1. The van der Waals surface area contributed by atoms with E-state index in [0.717, 1.165) is 0 Å². The number of hydrogen-bond acceptors (Lipinski definition) is 2. The molecule has 1 aromatic heterocycles. The zero-order valence-corrected chi connectivity index (χ0v) is 12.5. The minimum atomic E-state index is -0.363. The van der Waals surface area contributed by atoms with Crippen LogP contribution in [0.25, 0.3) is 10.9 Å². The van der Waals surface area contributed by atoms with E-state index in [1.807, 2.05) is 6.07 Å². The van der Waals surface area contributed by atoms with Gasteiger partial charge in [0.25, 0.3) is 5.91 Å². The largest absolute Gasteiger partial charge is 0.346 e. The van der Waals surface area contributed by atoms with Crippen LogP contribution >= 0.6 is 0 Å². The van der Waals surface area contributed by atoms with Crippen molar-refractivity contribution in [2.24, 2.45) is 0 Å². The number of aromatic nitrogens is 1. The van der Waals surface area contributed by atoms with Gasteiger partial charge in [-0.3, -0.25) is 14.2 Å². The lowest BCUT2D eigenvalue weighted by molar-refractivity contribution is 0.0921. The van der Waals surface area contributed by atoms with E-state index in [1.54, 1.807) is 36.4 Å². The molecule has 23 heavy (non-hydrogen) atoms. The number of fused-ring (bicyclic) bond motifs is 1. The summed E-state index contributed by atoms with van der Waals surface area (Å²) in [6, 6.07) is 14.8. The first-order valence-electron chi connectivity index (χ1n) is 7.20. The molecule has 0 fully saturated rings. The van der Waals surface area contributed by atoms with Crippen molar-refractivity contribution < 1.29 is 14.0 Å². The van der Waals surface area contributed by atoms with Crippen LogP contribution in [0, 0.1) is 5.82 Å². The second-order valence-electron chi connectivity index (χ2n) is 5.24. The van der Waals surface area contributed by atoms with Gasteiger partial charge in [0, 0.05) is 23.6 Å². The van der Waals surface area contributed by atoms with Gasteiger partial charge in [-0.05, 0) is 36.4 Å². The zero-order valence-electron chi connectivity index (χ0n) is 12.5. The fourth-order valence-electron chi connectivity index (χ4n) is 2.61. The lowest BCUT2D eigenvalue weighted by Crippen LogP contribution is -2.25. The van der Waals surface area contributed by atoms with Crippen molar-refractivity contribution in [3.63, 3.8) is 0 Å². The van der Waals surface area contributed by atoms with Crippen molar-refractivity contribution >= 4 is 22.7 Å². The maximum atomic E-state index is 13.4. The number of carbonyl (C=O) groups is 2. The van der Waals surface area contributed by atoms with Crippen molar-refractivity contribution in [2.45, 2.75) is 13.5 Å². The standard InChI is InChI=1S/C18H15FN2O2/c1-12(22)21-16(10-14-9-15(19)7-8-17(14)21)11-20-18(23)13-5-3-2-4-6-13/h2-10H,11H2,1H3,(H,20,23). The van der Waals surface area contributed by atoms with Crippen LogP contribution < -0.4 is 5.32 Å². The van der Waals surface area contributed by atoms with Crippen LogP contribution in [0.3, 0.4) is 0 Å². The molecule has 0 saturated carbocycles. The van der Waals surface area contributed by atoms with Crippen LogP contribution in [-0.4, -0.2) is 16.4 Å². The maximum Gasteiger partial charge on any atom is 0.251 e. The summed E-state index contributed by atoms with van der Waals surface area (Å²) >= 11 is 0. The fraction of sp³-hybridized carbons (Fsp3) is 0.111. The Morgan fingerprint density at radius 2 is 1.83 bits per heavy atom. The summed E-state index contributed by atoms with van der Waals surface area (Å²) in [4.78, 5) is 24.0. The molecule has 116 valence electrons. The van der Waals surface area contributed by atoms with Gasteiger partial charge in [-0.25, -0.2) is 4.39 Å². The molecule has 0 spiro atoms. The van der Waals surface area contributed by atoms with Crippen LogP contribution in [0.4, 0.5) is 4.39 Å². The van der Waals surface area contributed by atoms with Crippen LogP contribution in [0.5, 0.6) is 0 Å². The third-order valence-corrected chi connectivity index (χ3v) is 3.62. The molecule has 5 heteroatoms. The Morgan fingerprint density at radius 1 is 1.09 bits per heavy atom.